The fraction of sp³-hybridized carbons (Fsp3) is 0.533. The van der Waals surface area contributed by atoms with Gasteiger partial charge in [0.15, 0.2) is 0 Å². The predicted molar refractivity (Wildman–Crippen MR) is 80.4 cm³/mol. The molecule has 0 aromatic heterocycles. The number of thioether (sulfide) groups is 1. The second kappa shape index (κ2) is 6.44. The number of rotatable bonds is 6. The van der Waals surface area contributed by atoms with Crippen molar-refractivity contribution in [2.24, 2.45) is 0 Å². The Labute approximate surface area is 119 Å². The molecule has 2 rings (SSSR count). The van der Waals surface area contributed by atoms with Crippen LogP contribution in [0.5, 0.6) is 0 Å². The molecule has 2 N–H and O–H groups in total. The number of hydrogen-bond acceptors (Lipinski definition) is 3. The Hall–Kier alpha value is -1.00. The molecule has 4 heteroatoms. The van der Waals surface area contributed by atoms with E-state index >= 15 is 0 Å². The second-order valence-electron chi connectivity index (χ2n) is 5.12. The van der Waals surface area contributed by atoms with E-state index in [1.54, 1.807) is 11.8 Å². The van der Waals surface area contributed by atoms with Crippen LogP contribution in [0.1, 0.15) is 38.3 Å². The largest absolute Gasteiger partial charge is 0.352 e. The van der Waals surface area contributed by atoms with Crippen LogP contribution in [0.3, 0.4) is 0 Å². The van der Waals surface area contributed by atoms with E-state index in [9.17, 15) is 4.79 Å². The molecular formula is C15H22N2OS. The number of benzene rings is 1. The van der Waals surface area contributed by atoms with E-state index < -0.39 is 0 Å². The smallest absolute Gasteiger partial charge is 0.233 e. The van der Waals surface area contributed by atoms with Crippen molar-refractivity contribution in [1.82, 2.24) is 10.6 Å². The van der Waals surface area contributed by atoms with Crippen molar-refractivity contribution in [1.29, 1.82) is 0 Å². The fourth-order valence-electron chi connectivity index (χ4n) is 1.81. The summed E-state index contributed by atoms with van der Waals surface area (Å²) in [6, 6.07) is 9.22. The maximum Gasteiger partial charge on any atom is 0.233 e. The van der Waals surface area contributed by atoms with Gasteiger partial charge in [0.25, 0.3) is 0 Å². The summed E-state index contributed by atoms with van der Waals surface area (Å²) in [6.45, 7) is 4.10. The first-order valence-corrected chi connectivity index (χ1v) is 7.72. The van der Waals surface area contributed by atoms with Gasteiger partial charge in [0.05, 0.1) is 5.25 Å². The van der Waals surface area contributed by atoms with Crippen LogP contribution in [0.15, 0.2) is 29.2 Å². The molecule has 1 aliphatic rings. The normalized spacial score (nSPS) is 17.8. The predicted octanol–water partition coefficient (Wildman–Crippen LogP) is 2.73. The first kappa shape index (κ1) is 14.4. The Balaban J connectivity index is 1.89. The monoisotopic (exact) mass is 278 g/mol. The molecule has 2 atom stereocenters. The van der Waals surface area contributed by atoms with Crippen molar-refractivity contribution in [2.75, 3.05) is 7.05 Å². The average Bonchev–Trinajstić information content (AvgIpc) is 3.22. The lowest BCUT2D eigenvalue weighted by Gasteiger charge is -2.13. The zero-order valence-electron chi connectivity index (χ0n) is 11.8. The van der Waals surface area contributed by atoms with Crippen LogP contribution in [0.25, 0.3) is 0 Å². The molecule has 19 heavy (non-hydrogen) atoms. The minimum atomic E-state index is -0.0341. The quantitative estimate of drug-likeness (QED) is 0.786. The van der Waals surface area contributed by atoms with Gasteiger partial charge in [-0.15, -0.1) is 11.8 Å². The maximum atomic E-state index is 11.9. The van der Waals surface area contributed by atoms with Gasteiger partial charge >= 0.3 is 0 Å². The van der Waals surface area contributed by atoms with Gasteiger partial charge in [0.1, 0.15) is 0 Å². The number of nitrogens with one attached hydrogen (secondary N) is 2. The number of hydrogen-bond donors (Lipinski definition) is 2. The summed E-state index contributed by atoms with van der Waals surface area (Å²) in [5.74, 6) is 0.153. The highest BCUT2D eigenvalue weighted by Gasteiger charge is 2.25. The zero-order valence-corrected chi connectivity index (χ0v) is 12.6. The van der Waals surface area contributed by atoms with Gasteiger partial charge < -0.3 is 10.6 Å². The minimum absolute atomic E-state index is 0.0341. The number of amides is 1. The molecule has 3 nitrogen and oxygen atoms in total. The summed E-state index contributed by atoms with van der Waals surface area (Å²) >= 11 is 1.62. The summed E-state index contributed by atoms with van der Waals surface area (Å²) < 4.78 is 0. The Morgan fingerprint density at radius 2 is 1.89 bits per heavy atom. The standard InChI is InChI=1S/C15H22N2OS/c1-10(16-3)12-4-8-14(9-5-12)19-11(2)15(18)17-13-6-7-13/h4-5,8-11,13,16H,6-7H2,1-3H3,(H,17,18). The molecule has 0 radical (unpaired) electrons. The third-order valence-electron chi connectivity index (χ3n) is 3.42. The molecule has 0 spiro atoms. The molecular weight excluding hydrogens is 256 g/mol. The van der Waals surface area contributed by atoms with Crippen molar-refractivity contribution in [3.05, 3.63) is 29.8 Å². The molecule has 1 fully saturated rings. The van der Waals surface area contributed by atoms with Gasteiger partial charge in [-0.3, -0.25) is 4.79 Å². The van der Waals surface area contributed by atoms with Crippen LogP contribution in [0, 0.1) is 0 Å². The SMILES string of the molecule is CNC(C)c1ccc(SC(C)C(=O)NC2CC2)cc1. The third-order valence-corrected chi connectivity index (χ3v) is 4.53. The van der Waals surface area contributed by atoms with Crippen LogP contribution >= 0.6 is 11.8 Å². The number of carbonyl (C=O) groups excluding carboxylic acids is 1. The van der Waals surface area contributed by atoms with E-state index in [1.807, 2.05) is 14.0 Å². The molecule has 1 aromatic carbocycles. The van der Waals surface area contributed by atoms with Crippen LogP contribution in [0.2, 0.25) is 0 Å². The fourth-order valence-corrected chi connectivity index (χ4v) is 2.68. The molecule has 0 saturated heterocycles. The highest BCUT2D eigenvalue weighted by atomic mass is 32.2. The topological polar surface area (TPSA) is 41.1 Å². The first-order valence-electron chi connectivity index (χ1n) is 6.84. The molecule has 2 unspecified atom stereocenters. The van der Waals surface area contributed by atoms with E-state index in [2.05, 4.69) is 41.8 Å². The number of carbonyl (C=O) groups is 1. The van der Waals surface area contributed by atoms with E-state index in [1.165, 1.54) is 5.56 Å². The molecule has 104 valence electrons. The van der Waals surface area contributed by atoms with Crippen LogP contribution in [0.4, 0.5) is 0 Å². The summed E-state index contributed by atoms with van der Waals surface area (Å²) in [5, 5.41) is 6.23. The van der Waals surface area contributed by atoms with Crippen molar-refractivity contribution >= 4 is 17.7 Å². The highest BCUT2D eigenvalue weighted by Crippen LogP contribution is 2.26. The Kier molecular flexibility index (Phi) is 4.88. The summed E-state index contributed by atoms with van der Waals surface area (Å²) in [5.41, 5.74) is 1.27. The van der Waals surface area contributed by atoms with Crippen molar-refractivity contribution in [3.63, 3.8) is 0 Å². The van der Waals surface area contributed by atoms with Crippen molar-refractivity contribution in [3.8, 4) is 0 Å². The second-order valence-corrected chi connectivity index (χ2v) is 6.54. The lowest BCUT2D eigenvalue weighted by Crippen LogP contribution is -2.32. The Morgan fingerprint density at radius 1 is 1.26 bits per heavy atom. The van der Waals surface area contributed by atoms with Crippen molar-refractivity contribution < 1.29 is 4.79 Å². The third kappa shape index (κ3) is 4.25. The Bertz CT molecular complexity index is 428. The molecule has 0 heterocycles. The van der Waals surface area contributed by atoms with Gasteiger partial charge in [0, 0.05) is 17.0 Å². The van der Waals surface area contributed by atoms with E-state index in [-0.39, 0.29) is 11.2 Å². The zero-order chi connectivity index (χ0) is 13.8. The average molecular weight is 278 g/mol. The van der Waals surface area contributed by atoms with Gasteiger partial charge in [-0.25, -0.2) is 0 Å². The van der Waals surface area contributed by atoms with Crippen LogP contribution in [-0.4, -0.2) is 24.2 Å². The van der Waals surface area contributed by atoms with E-state index in [4.69, 9.17) is 0 Å². The summed E-state index contributed by atoms with van der Waals surface area (Å²) in [6.07, 6.45) is 2.28. The molecule has 1 amide bonds. The maximum absolute atomic E-state index is 11.9. The van der Waals surface area contributed by atoms with Crippen LogP contribution in [-0.2, 0) is 4.79 Å². The van der Waals surface area contributed by atoms with Gasteiger partial charge in [0.2, 0.25) is 5.91 Å². The Morgan fingerprint density at radius 3 is 2.42 bits per heavy atom. The minimum Gasteiger partial charge on any atom is -0.352 e. The van der Waals surface area contributed by atoms with Gasteiger partial charge in [-0.2, -0.15) is 0 Å². The van der Waals surface area contributed by atoms with Crippen molar-refractivity contribution in [2.45, 2.75) is 48.9 Å². The van der Waals surface area contributed by atoms with E-state index in [0.717, 1.165) is 17.7 Å². The van der Waals surface area contributed by atoms with E-state index in [0.29, 0.717) is 12.1 Å². The lowest BCUT2D eigenvalue weighted by molar-refractivity contribution is -0.120. The van der Waals surface area contributed by atoms with Gasteiger partial charge in [-0.1, -0.05) is 12.1 Å². The molecule has 0 aliphatic heterocycles. The van der Waals surface area contributed by atoms with Gasteiger partial charge in [-0.05, 0) is 51.4 Å². The molecule has 1 aliphatic carbocycles. The lowest BCUT2D eigenvalue weighted by atomic mass is 10.1. The first-order chi connectivity index (χ1) is 9.10. The highest BCUT2D eigenvalue weighted by molar-refractivity contribution is 8.00. The van der Waals surface area contributed by atoms with Crippen LogP contribution < -0.4 is 10.6 Å². The summed E-state index contributed by atoms with van der Waals surface area (Å²) in [4.78, 5) is 13.0. The molecule has 1 saturated carbocycles. The molecule has 0 bridgehead atoms. The molecule has 1 aromatic rings. The summed E-state index contributed by atoms with van der Waals surface area (Å²) in [7, 11) is 1.96.